The van der Waals surface area contributed by atoms with Crippen molar-refractivity contribution < 1.29 is 9.47 Å². The Morgan fingerprint density at radius 3 is 2.31 bits per heavy atom. The highest BCUT2D eigenvalue weighted by molar-refractivity contribution is 5.68. The minimum Gasteiger partial charge on any atom is -0.357 e. The largest absolute Gasteiger partial charge is 0.357 e. The maximum Gasteiger partial charge on any atom is 0.329 e. The molecule has 2 aliphatic heterocycles. The topological polar surface area (TPSA) is 76.6 Å². The first-order valence-corrected chi connectivity index (χ1v) is 11.0. The van der Waals surface area contributed by atoms with E-state index in [0.717, 1.165) is 21.3 Å². The molecular formula is C25H27N3O4. The summed E-state index contributed by atoms with van der Waals surface area (Å²) in [5.74, 6) is 0.0881. The summed E-state index contributed by atoms with van der Waals surface area (Å²) in [6.45, 7) is 2.53. The quantitative estimate of drug-likeness (QED) is 0.685. The van der Waals surface area contributed by atoms with Gasteiger partial charge in [0, 0.05) is 39.4 Å². The molecule has 1 spiro atoms. The van der Waals surface area contributed by atoms with Gasteiger partial charge in [0.15, 0.2) is 5.79 Å². The number of nitrogens with zero attached hydrogens (tertiary/aromatic N) is 2. The molecule has 2 fully saturated rings. The van der Waals surface area contributed by atoms with Crippen molar-refractivity contribution in [3.63, 3.8) is 0 Å². The summed E-state index contributed by atoms with van der Waals surface area (Å²) in [6.07, 6.45) is 1.83. The number of piperidine rings is 1. The van der Waals surface area contributed by atoms with Crippen molar-refractivity contribution in [3.05, 3.63) is 86.6 Å². The Morgan fingerprint density at radius 1 is 0.938 bits per heavy atom. The highest BCUT2D eigenvalue weighted by Gasteiger charge is 2.40. The van der Waals surface area contributed by atoms with Gasteiger partial charge in [0.05, 0.1) is 18.8 Å². The van der Waals surface area contributed by atoms with E-state index in [4.69, 9.17) is 9.47 Å². The van der Waals surface area contributed by atoms with E-state index in [2.05, 4.69) is 28.1 Å². The van der Waals surface area contributed by atoms with Gasteiger partial charge < -0.3 is 14.4 Å². The number of aromatic nitrogens is 2. The Hall–Kier alpha value is -3.16. The van der Waals surface area contributed by atoms with Crippen molar-refractivity contribution in [2.45, 2.75) is 25.0 Å². The van der Waals surface area contributed by atoms with Gasteiger partial charge in [-0.2, -0.15) is 0 Å². The second-order valence-corrected chi connectivity index (χ2v) is 8.42. The summed E-state index contributed by atoms with van der Waals surface area (Å²) >= 11 is 0. The zero-order valence-corrected chi connectivity index (χ0v) is 18.2. The lowest BCUT2D eigenvalue weighted by Gasteiger charge is -2.38. The fourth-order valence-electron chi connectivity index (χ4n) is 4.71. The number of rotatable bonds is 4. The van der Waals surface area contributed by atoms with Crippen LogP contribution in [0, 0.1) is 0 Å². The predicted molar refractivity (Wildman–Crippen MR) is 123 cm³/mol. The number of aromatic amines is 1. The van der Waals surface area contributed by atoms with Crippen LogP contribution in [0.5, 0.6) is 0 Å². The van der Waals surface area contributed by atoms with E-state index >= 15 is 0 Å². The molecule has 7 heteroatoms. The first-order valence-electron chi connectivity index (χ1n) is 11.0. The van der Waals surface area contributed by atoms with Gasteiger partial charge in [0.25, 0.3) is 5.56 Å². The van der Waals surface area contributed by atoms with E-state index in [9.17, 15) is 9.59 Å². The van der Waals surface area contributed by atoms with E-state index < -0.39 is 11.5 Å². The molecule has 0 radical (unpaired) electrons. The molecule has 0 aliphatic carbocycles. The highest BCUT2D eigenvalue weighted by atomic mass is 16.7. The van der Waals surface area contributed by atoms with Crippen LogP contribution in [0.4, 0.5) is 5.82 Å². The van der Waals surface area contributed by atoms with Crippen LogP contribution < -0.4 is 16.1 Å². The molecule has 32 heavy (non-hydrogen) atoms. The average Bonchev–Trinajstić information content (AvgIpc) is 3.28. The molecule has 2 aliphatic rings. The number of anilines is 1. The zero-order valence-electron chi connectivity index (χ0n) is 18.2. The molecule has 2 aromatic carbocycles. The van der Waals surface area contributed by atoms with Crippen molar-refractivity contribution in [1.29, 1.82) is 0 Å². The van der Waals surface area contributed by atoms with Crippen LogP contribution in [-0.2, 0) is 22.9 Å². The van der Waals surface area contributed by atoms with Gasteiger partial charge in [-0.15, -0.1) is 0 Å². The smallest absolute Gasteiger partial charge is 0.329 e. The molecule has 0 amide bonds. The van der Waals surface area contributed by atoms with Crippen molar-refractivity contribution in [1.82, 2.24) is 9.55 Å². The Kier molecular flexibility index (Phi) is 5.45. The van der Waals surface area contributed by atoms with E-state index in [1.165, 1.54) is 7.05 Å². The monoisotopic (exact) mass is 433 g/mol. The van der Waals surface area contributed by atoms with E-state index in [1.807, 2.05) is 36.4 Å². The molecule has 0 saturated carbocycles. The van der Waals surface area contributed by atoms with E-state index in [-0.39, 0.29) is 5.56 Å². The lowest BCUT2D eigenvalue weighted by Crippen LogP contribution is -2.47. The van der Waals surface area contributed by atoms with Gasteiger partial charge in [-0.05, 0) is 16.7 Å². The highest BCUT2D eigenvalue weighted by Crippen LogP contribution is 2.34. The maximum atomic E-state index is 13.2. The lowest BCUT2D eigenvalue weighted by molar-refractivity contribution is -0.169. The third-order valence-electron chi connectivity index (χ3n) is 6.50. The molecule has 0 atom stereocenters. The summed E-state index contributed by atoms with van der Waals surface area (Å²) in [4.78, 5) is 30.7. The minimum atomic E-state index is -0.517. The number of benzene rings is 2. The van der Waals surface area contributed by atoms with Crippen LogP contribution in [-0.4, -0.2) is 41.6 Å². The standard InChI is InChI=1S/C25H27N3O4/c1-27-23(29)21(17-19-9-5-6-10-20(19)18-7-3-2-4-8-18)22(26-24(27)30)28-13-11-25(12-14-28)31-15-16-32-25/h2-10H,11-17H2,1H3,(H,26,30). The summed E-state index contributed by atoms with van der Waals surface area (Å²) < 4.78 is 12.8. The normalized spacial score (nSPS) is 17.7. The summed E-state index contributed by atoms with van der Waals surface area (Å²) in [6, 6.07) is 18.2. The molecule has 7 nitrogen and oxygen atoms in total. The number of ether oxygens (including phenoxy) is 2. The van der Waals surface area contributed by atoms with Gasteiger partial charge in [0.2, 0.25) is 0 Å². The maximum absolute atomic E-state index is 13.2. The third-order valence-corrected chi connectivity index (χ3v) is 6.50. The fraction of sp³-hybridized carbons (Fsp3) is 0.360. The van der Waals surface area contributed by atoms with Crippen molar-refractivity contribution in [2.75, 3.05) is 31.2 Å². The lowest BCUT2D eigenvalue weighted by atomic mass is 9.95. The summed E-state index contributed by atoms with van der Waals surface area (Å²) in [5.41, 5.74) is 3.15. The van der Waals surface area contributed by atoms with Gasteiger partial charge in [-0.1, -0.05) is 54.6 Å². The Balaban J connectivity index is 1.52. The number of hydrogen-bond acceptors (Lipinski definition) is 5. The second-order valence-electron chi connectivity index (χ2n) is 8.42. The van der Waals surface area contributed by atoms with Crippen LogP contribution in [0.3, 0.4) is 0 Å². The van der Waals surface area contributed by atoms with Crippen molar-refractivity contribution in [3.8, 4) is 11.1 Å². The van der Waals surface area contributed by atoms with E-state index in [0.29, 0.717) is 56.9 Å². The molecular weight excluding hydrogens is 406 g/mol. The van der Waals surface area contributed by atoms with Crippen LogP contribution in [0.15, 0.2) is 64.2 Å². The number of H-pyrrole nitrogens is 1. The minimum absolute atomic E-state index is 0.264. The summed E-state index contributed by atoms with van der Waals surface area (Å²) in [5, 5.41) is 0. The molecule has 2 saturated heterocycles. The Morgan fingerprint density at radius 2 is 1.59 bits per heavy atom. The van der Waals surface area contributed by atoms with Crippen LogP contribution >= 0.6 is 0 Å². The summed E-state index contributed by atoms with van der Waals surface area (Å²) in [7, 11) is 1.52. The van der Waals surface area contributed by atoms with Crippen LogP contribution in [0.25, 0.3) is 11.1 Å². The van der Waals surface area contributed by atoms with Crippen molar-refractivity contribution >= 4 is 5.82 Å². The molecule has 0 bridgehead atoms. The molecule has 3 aromatic rings. The molecule has 1 N–H and O–H groups in total. The van der Waals surface area contributed by atoms with Gasteiger partial charge in [0.1, 0.15) is 5.82 Å². The average molecular weight is 434 g/mol. The second kappa shape index (κ2) is 8.41. The fourth-order valence-corrected chi connectivity index (χ4v) is 4.71. The van der Waals surface area contributed by atoms with Gasteiger partial charge in [-0.3, -0.25) is 14.3 Å². The predicted octanol–water partition coefficient (Wildman–Crippen LogP) is 2.67. The molecule has 166 valence electrons. The SMILES string of the molecule is Cn1c(=O)[nH]c(N2CCC3(CC2)OCCO3)c(Cc2ccccc2-c2ccccc2)c1=O. The van der Waals surface area contributed by atoms with E-state index in [1.54, 1.807) is 0 Å². The number of nitrogens with one attached hydrogen (secondary N) is 1. The molecule has 3 heterocycles. The zero-order chi connectivity index (χ0) is 22.1. The van der Waals surface area contributed by atoms with Crippen LogP contribution in [0.1, 0.15) is 24.0 Å². The number of hydrogen-bond donors (Lipinski definition) is 1. The Bertz CT molecular complexity index is 1220. The van der Waals surface area contributed by atoms with Gasteiger partial charge in [-0.25, -0.2) is 4.79 Å². The first kappa shape index (κ1) is 20.7. The van der Waals surface area contributed by atoms with Gasteiger partial charge >= 0.3 is 5.69 Å². The van der Waals surface area contributed by atoms with Crippen molar-refractivity contribution in [2.24, 2.45) is 7.05 Å². The molecule has 5 rings (SSSR count). The first-order chi connectivity index (χ1) is 15.6. The third kappa shape index (κ3) is 3.78. The Labute approximate surface area is 186 Å². The van der Waals surface area contributed by atoms with Crippen LogP contribution in [0.2, 0.25) is 0 Å². The molecule has 1 aromatic heterocycles. The molecule has 0 unspecified atom stereocenters.